The van der Waals surface area contributed by atoms with E-state index in [1.165, 1.54) is 0 Å². The Morgan fingerprint density at radius 1 is 1.33 bits per heavy atom. The number of rotatable bonds is 2. The molecule has 0 aliphatic heterocycles. The van der Waals surface area contributed by atoms with Gasteiger partial charge in [0.25, 0.3) is 0 Å². The molecule has 0 unspecified atom stereocenters. The predicted molar refractivity (Wildman–Crippen MR) is 28.0 cm³/mol. The lowest BCUT2D eigenvalue weighted by Crippen LogP contribution is -2.05. The van der Waals surface area contributed by atoms with E-state index in [0.29, 0.717) is 0 Å². The first-order valence-corrected chi connectivity index (χ1v) is 2.41. The van der Waals surface area contributed by atoms with Crippen LogP contribution in [0.1, 0.15) is 26.7 Å². The smallest absolute Gasteiger partial charge is 0.0331 e. The predicted octanol–water partition coefficient (Wildman–Crippen LogP) is 1.30. The molecule has 0 spiro atoms. The van der Waals surface area contributed by atoms with E-state index in [0.717, 1.165) is 18.9 Å². The average molecular weight is 86.2 g/mol. The first kappa shape index (κ1) is 5.96. The maximum atomic E-state index is 5.39. The minimum absolute atomic E-state index is 1.02. The minimum atomic E-state index is 1.02. The number of nitrogens with two attached hydrogens (primary N) is 1. The van der Waals surface area contributed by atoms with E-state index < -0.39 is 0 Å². The maximum Gasteiger partial charge on any atom is 0.0331 e. The van der Waals surface area contributed by atoms with Crippen LogP contribution in [0.15, 0.2) is 0 Å². The molecule has 1 nitrogen and oxygen atoms in total. The molecular formula is C5H12N. The van der Waals surface area contributed by atoms with Gasteiger partial charge in [-0.2, -0.15) is 0 Å². The molecule has 0 aliphatic carbocycles. The summed E-state index contributed by atoms with van der Waals surface area (Å²) in [5.41, 5.74) is 5.39. The molecule has 0 bridgehead atoms. The van der Waals surface area contributed by atoms with Crippen LogP contribution in [0.2, 0.25) is 0 Å². The topological polar surface area (TPSA) is 26.0 Å². The zero-order valence-corrected chi connectivity index (χ0v) is 4.49. The van der Waals surface area contributed by atoms with Crippen LogP contribution in [-0.4, -0.2) is 0 Å². The quantitative estimate of drug-likeness (QED) is 0.538. The van der Waals surface area contributed by atoms with Crippen molar-refractivity contribution in [3.8, 4) is 0 Å². The van der Waals surface area contributed by atoms with Gasteiger partial charge in [-0.15, -0.1) is 0 Å². The van der Waals surface area contributed by atoms with Crippen LogP contribution in [0, 0.1) is 6.04 Å². The van der Waals surface area contributed by atoms with Gasteiger partial charge in [-0.05, 0) is 12.8 Å². The molecule has 1 heteroatoms. The van der Waals surface area contributed by atoms with Crippen LogP contribution in [0.4, 0.5) is 0 Å². The molecule has 0 saturated heterocycles. The molecule has 0 heterocycles. The van der Waals surface area contributed by atoms with Crippen LogP contribution >= 0.6 is 0 Å². The molecule has 0 rings (SSSR count). The van der Waals surface area contributed by atoms with E-state index in [4.69, 9.17) is 5.73 Å². The van der Waals surface area contributed by atoms with Gasteiger partial charge in [-0.3, -0.25) is 0 Å². The molecule has 37 valence electrons. The summed E-state index contributed by atoms with van der Waals surface area (Å²) in [4.78, 5) is 0. The Hall–Kier alpha value is -0.0400. The average Bonchev–Trinajstić information content (AvgIpc) is 1.65. The zero-order chi connectivity index (χ0) is 4.99. The minimum Gasteiger partial charge on any atom is -0.324 e. The van der Waals surface area contributed by atoms with Crippen molar-refractivity contribution in [2.45, 2.75) is 26.7 Å². The van der Waals surface area contributed by atoms with Crippen LogP contribution in [-0.2, 0) is 0 Å². The highest BCUT2D eigenvalue weighted by Crippen LogP contribution is 1.98. The largest absolute Gasteiger partial charge is 0.324 e. The highest BCUT2D eigenvalue weighted by molar-refractivity contribution is 4.75. The maximum absolute atomic E-state index is 5.39. The van der Waals surface area contributed by atoms with Gasteiger partial charge in [-0.1, -0.05) is 13.8 Å². The summed E-state index contributed by atoms with van der Waals surface area (Å²) >= 11 is 0. The Balaban J connectivity index is 2.75. The van der Waals surface area contributed by atoms with Crippen molar-refractivity contribution in [2.75, 3.05) is 0 Å². The normalized spacial score (nSPS) is 10.0. The second-order valence-electron chi connectivity index (χ2n) is 1.37. The Morgan fingerprint density at radius 2 is 1.67 bits per heavy atom. The van der Waals surface area contributed by atoms with Crippen molar-refractivity contribution >= 4 is 0 Å². The molecule has 1 radical (unpaired) electrons. The molecule has 0 aromatic carbocycles. The summed E-state index contributed by atoms with van der Waals surface area (Å²) in [5, 5.41) is 0. The van der Waals surface area contributed by atoms with Crippen molar-refractivity contribution in [1.29, 1.82) is 0 Å². The van der Waals surface area contributed by atoms with Crippen LogP contribution < -0.4 is 5.73 Å². The van der Waals surface area contributed by atoms with Crippen LogP contribution in [0.5, 0.6) is 0 Å². The van der Waals surface area contributed by atoms with E-state index in [1.807, 2.05) is 0 Å². The highest BCUT2D eigenvalue weighted by atomic mass is 14.6. The van der Waals surface area contributed by atoms with Gasteiger partial charge in [0.1, 0.15) is 0 Å². The van der Waals surface area contributed by atoms with Gasteiger partial charge in [0.2, 0.25) is 0 Å². The first-order chi connectivity index (χ1) is 2.81. The summed E-state index contributed by atoms with van der Waals surface area (Å²) in [6.07, 6.45) is 2.05. The molecule has 0 saturated carbocycles. The second kappa shape index (κ2) is 3.16. The Bertz CT molecular complexity index is 23.1. The van der Waals surface area contributed by atoms with Crippen LogP contribution in [0.25, 0.3) is 0 Å². The van der Waals surface area contributed by atoms with Gasteiger partial charge in [-0.25, -0.2) is 0 Å². The van der Waals surface area contributed by atoms with Crippen molar-refractivity contribution in [3.63, 3.8) is 0 Å². The lowest BCUT2D eigenvalue weighted by molar-refractivity contribution is 0.792. The molecule has 0 atom stereocenters. The number of hydrogen-bond donors (Lipinski definition) is 1. The van der Waals surface area contributed by atoms with Gasteiger partial charge in [0.15, 0.2) is 0 Å². The third-order valence-corrected chi connectivity index (χ3v) is 0.908. The molecule has 0 aliphatic rings. The molecule has 6 heavy (non-hydrogen) atoms. The van der Waals surface area contributed by atoms with E-state index in [9.17, 15) is 0 Å². The molecule has 0 amide bonds. The van der Waals surface area contributed by atoms with Crippen LogP contribution in [0.3, 0.4) is 0 Å². The van der Waals surface area contributed by atoms with Crippen molar-refractivity contribution < 1.29 is 0 Å². The third kappa shape index (κ3) is 2.21. The van der Waals surface area contributed by atoms with E-state index in [2.05, 4.69) is 13.8 Å². The summed E-state index contributed by atoms with van der Waals surface area (Å²) in [6, 6.07) is 1.09. The summed E-state index contributed by atoms with van der Waals surface area (Å²) in [7, 11) is 0. The zero-order valence-electron chi connectivity index (χ0n) is 4.49. The van der Waals surface area contributed by atoms with Gasteiger partial charge < -0.3 is 5.73 Å². The fourth-order valence-corrected chi connectivity index (χ4v) is 0.250. The number of hydrogen-bond acceptors (Lipinski definition) is 1. The summed E-state index contributed by atoms with van der Waals surface area (Å²) in [6.45, 7) is 4.14. The molecule has 0 aromatic rings. The Morgan fingerprint density at radius 3 is 1.67 bits per heavy atom. The second-order valence-corrected chi connectivity index (χ2v) is 1.37. The lowest BCUT2D eigenvalue weighted by atomic mass is 10.2. The molecule has 2 N–H and O–H groups in total. The fourth-order valence-electron chi connectivity index (χ4n) is 0.250. The van der Waals surface area contributed by atoms with E-state index in [-0.39, 0.29) is 0 Å². The van der Waals surface area contributed by atoms with Crippen molar-refractivity contribution in [3.05, 3.63) is 6.04 Å². The van der Waals surface area contributed by atoms with Gasteiger partial charge >= 0.3 is 0 Å². The van der Waals surface area contributed by atoms with Crippen molar-refractivity contribution in [2.24, 2.45) is 5.73 Å². The van der Waals surface area contributed by atoms with Gasteiger partial charge in [0.05, 0.1) is 0 Å². The lowest BCUT2D eigenvalue weighted by Gasteiger charge is -1.98. The molecule has 0 aromatic heterocycles. The highest BCUT2D eigenvalue weighted by Gasteiger charge is 1.90. The van der Waals surface area contributed by atoms with E-state index >= 15 is 0 Å². The SMILES string of the molecule is CC[C](N)CC. The summed E-state index contributed by atoms with van der Waals surface area (Å²) < 4.78 is 0. The standard InChI is InChI=1S/C5H12N/c1-3-5(6)4-2/h3-4,6H2,1-2H3. The molecular weight excluding hydrogens is 74.1 g/mol. The van der Waals surface area contributed by atoms with Crippen molar-refractivity contribution in [1.82, 2.24) is 0 Å². The fraction of sp³-hybridized carbons (Fsp3) is 0.800. The Labute approximate surface area is 39.5 Å². The Kier molecular flexibility index (Phi) is 3.14. The summed E-state index contributed by atoms with van der Waals surface area (Å²) in [5.74, 6) is 0. The van der Waals surface area contributed by atoms with Gasteiger partial charge in [0, 0.05) is 6.04 Å². The monoisotopic (exact) mass is 86.1 g/mol. The molecule has 0 fully saturated rings. The third-order valence-electron chi connectivity index (χ3n) is 0.908. The first-order valence-electron chi connectivity index (χ1n) is 2.41. The van der Waals surface area contributed by atoms with E-state index in [1.54, 1.807) is 0 Å².